The molecule has 49 heavy (non-hydrogen) atoms. The van der Waals surface area contributed by atoms with Crippen molar-refractivity contribution in [2.75, 3.05) is 27.4 Å². The summed E-state index contributed by atoms with van der Waals surface area (Å²) in [7, 11) is 2.68. The first-order chi connectivity index (χ1) is 23.6. The van der Waals surface area contributed by atoms with Gasteiger partial charge < -0.3 is 28.8 Å². The molecule has 14 nitrogen and oxygen atoms in total. The van der Waals surface area contributed by atoms with Gasteiger partial charge in [0.2, 0.25) is 0 Å². The number of methoxy groups -OCH3 is 2. The van der Waals surface area contributed by atoms with Crippen molar-refractivity contribution in [1.29, 1.82) is 0 Å². The van der Waals surface area contributed by atoms with Crippen molar-refractivity contribution in [1.82, 2.24) is 30.0 Å². The maximum absolute atomic E-state index is 14.0. The van der Waals surface area contributed by atoms with Gasteiger partial charge in [0.15, 0.2) is 6.10 Å². The quantitative estimate of drug-likeness (QED) is 0.241. The van der Waals surface area contributed by atoms with Crippen LogP contribution < -0.4 is 0 Å². The third-order valence-electron chi connectivity index (χ3n) is 8.35. The summed E-state index contributed by atoms with van der Waals surface area (Å²) >= 11 is 1.21. The van der Waals surface area contributed by atoms with Crippen molar-refractivity contribution in [2.24, 2.45) is 0 Å². The van der Waals surface area contributed by atoms with E-state index in [4.69, 9.17) is 23.7 Å². The summed E-state index contributed by atoms with van der Waals surface area (Å²) in [6.07, 6.45) is -1.09. The number of thioether (sulfide) groups is 1. The Morgan fingerprint density at radius 1 is 0.959 bits per heavy atom. The van der Waals surface area contributed by atoms with Gasteiger partial charge >= 0.3 is 11.9 Å². The Bertz CT molecular complexity index is 1780. The fourth-order valence-electron chi connectivity index (χ4n) is 6.00. The average Bonchev–Trinajstić information content (AvgIpc) is 3.77. The SMILES string of the molecule is COC(=O)C[C@H]1O[C@@H](S[C@@H]2COC[C@H](n3cc(-c4cccc(F)c4)nn3)[C@H]2O)[C@H](OC)[C@@H](n2cc(-c3cccc(F)c3)nn2)[C@H]1OC(C)=O. The molecule has 2 aromatic carbocycles. The summed E-state index contributed by atoms with van der Waals surface area (Å²) in [4.78, 5) is 24.9. The molecule has 0 radical (unpaired) electrons. The topological polar surface area (TPSA) is 162 Å². The first-order valence-corrected chi connectivity index (χ1v) is 16.3. The Morgan fingerprint density at radius 3 is 2.18 bits per heavy atom. The predicted octanol–water partition coefficient (Wildman–Crippen LogP) is 2.99. The Balaban J connectivity index is 1.29. The van der Waals surface area contributed by atoms with E-state index in [-0.39, 0.29) is 19.6 Å². The van der Waals surface area contributed by atoms with E-state index in [0.29, 0.717) is 22.5 Å². The minimum atomic E-state index is -1.09. The Hall–Kier alpha value is -4.29. The highest BCUT2D eigenvalue weighted by Crippen LogP contribution is 2.43. The van der Waals surface area contributed by atoms with Crippen LogP contribution in [-0.2, 0) is 33.3 Å². The zero-order valence-electron chi connectivity index (χ0n) is 26.7. The maximum Gasteiger partial charge on any atom is 0.308 e. The molecule has 2 aromatic heterocycles. The summed E-state index contributed by atoms with van der Waals surface area (Å²) in [5.74, 6) is -2.12. The summed E-state index contributed by atoms with van der Waals surface area (Å²) in [6.45, 7) is 1.50. The summed E-state index contributed by atoms with van der Waals surface area (Å²) in [5, 5.41) is 27.9. The number of nitrogens with zero attached hydrogens (tertiary/aromatic N) is 6. The highest BCUT2D eigenvalue weighted by atomic mass is 32.2. The molecule has 8 atom stereocenters. The third-order valence-corrected chi connectivity index (χ3v) is 9.76. The van der Waals surface area contributed by atoms with E-state index < -0.39 is 70.8 Å². The number of halogens is 2. The van der Waals surface area contributed by atoms with Crippen molar-refractivity contribution in [3.63, 3.8) is 0 Å². The van der Waals surface area contributed by atoms with Crippen LogP contribution in [0.5, 0.6) is 0 Å². The Kier molecular flexibility index (Phi) is 10.6. The predicted molar refractivity (Wildman–Crippen MR) is 169 cm³/mol. The van der Waals surface area contributed by atoms with Crippen LogP contribution in [0.25, 0.3) is 22.5 Å². The molecule has 2 saturated heterocycles. The smallest absolute Gasteiger partial charge is 0.308 e. The van der Waals surface area contributed by atoms with Crippen molar-refractivity contribution in [3.05, 3.63) is 72.6 Å². The zero-order chi connectivity index (χ0) is 34.7. The molecule has 0 unspecified atom stereocenters. The van der Waals surface area contributed by atoms with Crippen molar-refractivity contribution in [3.8, 4) is 22.5 Å². The van der Waals surface area contributed by atoms with Crippen LogP contribution in [0.1, 0.15) is 25.4 Å². The standard InChI is InChI=1S/C32H34F2N6O8S/c1-17(41)47-30-25(12-27(42)44-2)48-32(31(45-3)28(30)40-14-23(36-38-40)19-7-5-9-21(34)11-19)49-26-16-46-15-24(29(26)43)39-13-22(35-37-39)18-6-4-8-20(33)10-18/h4-11,13-14,24-26,28-32,43H,12,15-16H2,1-3H3/t24-,25+,26+,28-,29+,30-,31+,32-/m0/s1. The molecule has 260 valence electrons. The number of ether oxygens (including phenoxy) is 5. The normalized spacial score (nSPS) is 27.1. The van der Waals surface area contributed by atoms with Crippen LogP contribution in [0.4, 0.5) is 8.78 Å². The van der Waals surface area contributed by atoms with Gasteiger partial charge in [0.1, 0.15) is 52.7 Å². The minimum Gasteiger partial charge on any atom is -0.469 e. The Labute approximate surface area is 283 Å². The van der Waals surface area contributed by atoms with E-state index in [1.165, 1.54) is 66.5 Å². The van der Waals surface area contributed by atoms with Gasteiger partial charge in [0.05, 0.1) is 50.5 Å². The molecule has 0 amide bonds. The van der Waals surface area contributed by atoms with Crippen LogP contribution in [-0.4, -0.2) is 110 Å². The zero-order valence-corrected chi connectivity index (χ0v) is 27.5. The average molecular weight is 701 g/mol. The lowest BCUT2D eigenvalue weighted by Gasteiger charge is -2.46. The van der Waals surface area contributed by atoms with E-state index in [9.17, 15) is 23.5 Å². The minimum absolute atomic E-state index is 0.132. The molecule has 2 fully saturated rings. The lowest BCUT2D eigenvalue weighted by atomic mass is 9.94. The molecule has 0 saturated carbocycles. The first kappa shape index (κ1) is 34.6. The second-order valence-corrected chi connectivity index (χ2v) is 12.9. The van der Waals surface area contributed by atoms with Crippen LogP contribution in [0.2, 0.25) is 0 Å². The number of hydrogen-bond donors (Lipinski definition) is 1. The van der Waals surface area contributed by atoms with Gasteiger partial charge in [0, 0.05) is 25.2 Å². The molecule has 1 N–H and O–H groups in total. The number of carbonyl (C=O) groups is 2. The maximum atomic E-state index is 14.0. The number of esters is 2. The largest absolute Gasteiger partial charge is 0.469 e. The van der Waals surface area contributed by atoms with Crippen molar-refractivity contribution in [2.45, 2.75) is 60.5 Å². The van der Waals surface area contributed by atoms with Crippen molar-refractivity contribution < 1.29 is 47.2 Å². The monoisotopic (exact) mass is 700 g/mol. The molecule has 0 bridgehead atoms. The summed E-state index contributed by atoms with van der Waals surface area (Å²) in [5.41, 5.74) is 0.905. The van der Waals surface area contributed by atoms with Crippen LogP contribution >= 0.6 is 11.8 Å². The van der Waals surface area contributed by atoms with Gasteiger partial charge in [-0.25, -0.2) is 18.1 Å². The number of rotatable bonds is 10. The molecule has 4 heterocycles. The number of aromatic nitrogens is 6. The van der Waals surface area contributed by atoms with Crippen LogP contribution in [0, 0.1) is 11.6 Å². The molecular weight excluding hydrogens is 666 g/mol. The molecule has 0 spiro atoms. The van der Waals surface area contributed by atoms with Gasteiger partial charge in [-0.05, 0) is 24.3 Å². The van der Waals surface area contributed by atoms with Gasteiger partial charge in [-0.2, -0.15) is 0 Å². The molecule has 0 aliphatic carbocycles. The molecular formula is C32H34F2N6O8S. The molecule has 2 aliphatic rings. The van der Waals surface area contributed by atoms with Crippen molar-refractivity contribution >= 4 is 23.7 Å². The van der Waals surface area contributed by atoms with Gasteiger partial charge in [0.25, 0.3) is 0 Å². The van der Waals surface area contributed by atoms with Gasteiger partial charge in [-0.15, -0.1) is 22.0 Å². The first-order valence-electron chi connectivity index (χ1n) is 15.3. The van der Waals surface area contributed by atoms with E-state index in [1.54, 1.807) is 36.7 Å². The van der Waals surface area contributed by atoms with E-state index >= 15 is 0 Å². The fourth-order valence-corrected chi connectivity index (χ4v) is 7.50. The molecule has 2 aliphatic heterocycles. The number of aliphatic hydroxyl groups excluding tert-OH is 1. The highest BCUT2D eigenvalue weighted by Gasteiger charge is 2.52. The lowest BCUT2D eigenvalue weighted by Crippen LogP contribution is -2.57. The lowest BCUT2D eigenvalue weighted by molar-refractivity contribution is -0.203. The summed E-state index contributed by atoms with van der Waals surface area (Å²) < 4.78 is 59.7. The molecule has 17 heteroatoms. The van der Waals surface area contributed by atoms with Gasteiger partial charge in [-0.3, -0.25) is 9.59 Å². The van der Waals surface area contributed by atoms with E-state index in [2.05, 4.69) is 20.6 Å². The van der Waals surface area contributed by atoms with Gasteiger partial charge in [-0.1, -0.05) is 34.7 Å². The number of carbonyl (C=O) groups excluding carboxylic acids is 2. The van der Waals surface area contributed by atoms with Crippen LogP contribution in [0.3, 0.4) is 0 Å². The van der Waals surface area contributed by atoms with E-state index in [0.717, 1.165) is 0 Å². The molecule has 6 rings (SSSR count). The second-order valence-electron chi connectivity index (χ2n) is 11.5. The number of hydrogen-bond acceptors (Lipinski definition) is 13. The van der Waals surface area contributed by atoms with Crippen LogP contribution in [0.15, 0.2) is 60.9 Å². The number of aliphatic hydroxyl groups is 1. The molecule has 4 aromatic rings. The van der Waals surface area contributed by atoms with E-state index in [1.807, 2.05) is 0 Å². The second kappa shape index (κ2) is 15.1. The number of benzene rings is 2. The fraction of sp³-hybridized carbons (Fsp3) is 0.438. The highest BCUT2D eigenvalue weighted by molar-refractivity contribution is 8.00. The summed E-state index contributed by atoms with van der Waals surface area (Å²) in [6, 6.07) is 10.3. The third kappa shape index (κ3) is 7.65. The Morgan fingerprint density at radius 2 is 1.59 bits per heavy atom.